The minimum atomic E-state index is 0.449. The van der Waals surface area contributed by atoms with Gasteiger partial charge in [-0.1, -0.05) is 18.5 Å². The summed E-state index contributed by atoms with van der Waals surface area (Å²) in [7, 11) is 0. The van der Waals surface area contributed by atoms with E-state index in [2.05, 4.69) is 33.0 Å². The fourth-order valence-electron chi connectivity index (χ4n) is 2.87. The van der Waals surface area contributed by atoms with Gasteiger partial charge in [-0.25, -0.2) is 0 Å². The zero-order chi connectivity index (χ0) is 14.1. The molecule has 1 aromatic heterocycles. The fraction of sp³-hybridized carbons (Fsp3) is 0.467. The van der Waals surface area contributed by atoms with Crippen molar-refractivity contribution >= 4 is 21.6 Å². The summed E-state index contributed by atoms with van der Waals surface area (Å²) in [5, 5.41) is 4.16. The van der Waals surface area contributed by atoms with Gasteiger partial charge in [0.2, 0.25) is 0 Å². The van der Waals surface area contributed by atoms with Crippen LogP contribution in [0.15, 0.2) is 27.2 Å². The van der Waals surface area contributed by atoms with Crippen molar-refractivity contribution in [1.29, 1.82) is 0 Å². The summed E-state index contributed by atoms with van der Waals surface area (Å²) in [6.45, 7) is 2.25. The molecule has 2 aromatic rings. The molecule has 5 heteroatoms. The van der Waals surface area contributed by atoms with Gasteiger partial charge in [-0.15, -0.1) is 0 Å². The van der Waals surface area contributed by atoms with Crippen molar-refractivity contribution in [3.8, 4) is 11.5 Å². The molecule has 1 saturated carbocycles. The summed E-state index contributed by atoms with van der Waals surface area (Å²) in [6, 6.07) is 5.68. The average Bonchev–Trinajstić information content (AvgIpc) is 3.09. The Morgan fingerprint density at radius 1 is 1.40 bits per heavy atom. The Hall–Kier alpha value is -1.36. The second-order valence-corrected chi connectivity index (χ2v) is 6.33. The van der Waals surface area contributed by atoms with E-state index in [1.54, 1.807) is 0 Å². The third-order valence-electron chi connectivity index (χ3n) is 4.17. The molecule has 1 aliphatic rings. The van der Waals surface area contributed by atoms with Crippen molar-refractivity contribution < 1.29 is 4.52 Å². The lowest BCUT2D eigenvalue weighted by Gasteiger charge is -2.04. The van der Waals surface area contributed by atoms with Crippen LogP contribution in [0.2, 0.25) is 0 Å². The van der Waals surface area contributed by atoms with Crippen LogP contribution in [0.1, 0.15) is 44.3 Å². The van der Waals surface area contributed by atoms with Crippen molar-refractivity contribution in [2.24, 2.45) is 5.92 Å². The molecule has 20 heavy (non-hydrogen) atoms. The van der Waals surface area contributed by atoms with E-state index in [4.69, 9.17) is 10.3 Å². The quantitative estimate of drug-likeness (QED) is 0.845. The lowest BCUT2D eigenvalue weighted by Crippen LogP contribution is -1.97. The highest BCUT2D eigenvalue weighted by molar-refractivity contribution is 9.10. The number of nitrogens with two attached hydrogens (primary N) is 1. The van der Waals surface area contributed by atoms with Crippen LogP contribution in [-0.4, -0.2) is 10.1 Å². The first-order valence-electron chi connectivity index (χ1n) is 7.06. The summed E-state index contributed by atoms with van der Waals surface area (Å²) >= 11 is 3.38. The van der Waals surface area contributed by atoms with Crippen molar-refractivity contribution in [2.45, 2.75) is 38.5 Å². The zero-order valence-corrected chi connectivity index (χ0v) is 13.1. The van der Waals surface area contributed by atoms with Gasteiger partial charge >= 0.3 is 0 Å². The van der Waals surface area contributed by atoms with E-state index in [1.807, 2.05) is 18.2 Å². The molecule has 2 unspecified atom stereocenters. The van der Waals surface area contributed by atoms with Gasteiger partial charge < -0.3 is 10.3 Å². The number of rotatable bonds is 3. The predicted octanol–water partition coefficient (Wildman–Crippen LogP) is 4.38. The molecule has 2 N–H and O–H groups in total. The van der Waals surface area contributed by atoms with Crippen molar-refractivity contribution in [3.63, 3.8) is 0 Å². The fourth-order valence-corrected chi connectivity index (χ4v) is 3.12. The zero-order valence-electron chi connectivity index (χ0n) is 11.5. The molecule has 1 heterocycles. The molecule has 1 aliphatic carbocycles. The standard InChI is InChI=1S/C15H18BrN3O/c1-2-9-3-4-10(7-9)14-18-15(20-19-14)11-5-6-12(16)13(17)8-11/h5-6,8-10H,2-4,7,17H2,1H3. The monoisotopic (exact) mass is 335 g/mol. The van der Waals surface area contributed by atoms with Gasteiger partial charge in [0.15, 0.2) is 5.82 Å². The molecule has 0 radical (unpaired) electrons. The molecule has 2 atom stereocenters. The minimum Gasteiger partial charge on any atom is -0.398 e. The predicted molar refractivity (Wildman–Crippen MR) is 82.2 cm³/mol. The molecule has 0 spiro atoms. The smallest absolute Gasteiger partial charge is 0.258 e. The first-order chi connectivity index (χ1) is 9.67. The van der Waals surface area contributed by atoms with Crippen LogP contribution >= 0.6 is 15.9 Å². The second kappa shape index (κ2) is 5.56. The highest BCUT2D eigenvalue weighted by Crippen LogP contribution is 2.39. The van der Waals surface area contributed by atoms with Gasteiger partial charge in [-0.05, 0) is 59.3 Å². The molecule has 0 amide bonds. The van der Waals surface area contributed by atoms with Crippen LogP contribution < -0.4 is 5.73 Å². The molecule has 1 aromatic carbocycles. The maximum absolute atomic E-state index is 5.89. The second-order valence-electron chi connectivity index (χ2n) is 5.48. The molecule has 106 valence electrons. The van der Waals surface area contributed by atoms with Crippen LogP contribution in [0.3, 0.4) is 0 Å². The highest BCUT2D eigenvalue weighted by atomic mass is 79.9. The number of anilines is 1. The maximum Gasteiger partial charge on any atom is 0.258 e. The minimum absolute atomic E-state index is 0.449. The number of halogens is 1. The lowest BCUT2D eigenvalue weighted by atomic mass is 10.0. The third-order valence-corrected chi connectivity index (χ3v) is 4.89. The van der Waals surface area contributed by atoms with E-state index in [1.165, 1.54) is 25.7 Å². The topological polar surface area (TPSA) is 64.9 Å². The summed E-state index contributed by atoms with van der Waals surface area (Å²) in [5.74, 6) is 2.66. The molecule has 4 nitrogen and oxygen atoms in total. The number of benzene rings is 1. The van der Waals surface area contributed by atoms with Crippen LogP contribution in [0, 0.1) is 5.92 Å². The summed E-state index contributed by atoms with van der Waals surface area (Å²) < 4.78 is 6.27. The summed E-state index contributed by atoms with van der Waals surface area (Å²) in [6.07, 6.45) is 4.86. The van der Waals surface area contributed by atoms with E-state index in [9.17, 15) is 0 Å². The summed E-state index contributed by atoms with van der Waals surface area (Å²) in [5.41, 5.74) is 7.43. The Labute approximate surface area is 126 Å². The Morgan fingerprint density at radius 2 is 2.25 bits per heavy atom. The van der Waals surface area contributed by atoms with Crippen LogP contribution in [0.25, 0.3) is 11.5 Å². The van der Waals surface area contributed by atoms with Crippen LogP contribution in [0.4, 0.5) is 5.69 Å². The van der Waals surface area contributed by atoms with Crippen molar-refractivity contribution in [1.82, 2.24) is 10.1 Å². The number of nitrogens with zero attached hydrogens (tertiary/aromatic N) is 2. The Kier molecular flexibility index (Phi) is 3.78. The molecule has 1 fully saturated rings. The van der Waals surface area contributed by atoms with Gasteiger partial charge in [0, 0.05) is 21.6 Å². The number of hydrogen-bond acceptors (Lipinski definition) is 4. The molecule has 0 saturated heterocycles. The Balaban J connectivity index is 1.81. The van der Waals surface area contributed by atoms with Gasteiger partial charge in [0.25, 0.3) is 5.89 Å². The SMILES string of the molecule is CCC1CCC(c2noc(-c3ccc(Br)c(N)c3)n2)C1. The first-order valence-corrected chi connectivity index (χ1v) is 7.85. The van der Waals surface area contributed by atoms with Gasteiger partial charge in [-0.2, -0.15) is 4.98 Å². The molecule has 3 rings (SSSR count). The van der Waals surface area contributed by atoms with Gasteiger partial charge in [0.05, 0.1) is 0 Å². The third kappa shape index (κ3) is 2.59. The van der Waals surface area contributed by atoms with E-state index < -0.39 is 0 Å². The molecule has 0 aliphatic heterocycles. The Bertz CT molecular complexity index is 611. The van der Waals surface area contributed by atoms with Crippen LogP contribution in [-0.2, 0) is 0 Å². The van der Waals surface area contributed by atoms with Gasteiger partial charge in [-0.3, -0.25) is 0 Å². The van der Waals surface area contributed by atoms with Crippen LogP contribution in [0.5, 0.6) is 0 Å². The number of hydrogen-bond donors (Lipinski definition) is 1. The number of aromatic nitrogens is 2. The average molecular weight is 336 g/mol. The van der Waals surface area contributed by atoms with E-state index >= 15 is 0 Å². The van der Waals surface area contributed by atoms with E-state index in [0.717, 1.165) is 21.8 Å². The normalized spacial score (nSPS) is 22.3. The van der Waals surface area contributed by atoms with E-state index in [0.29, 0.717) is 17.5 Å². The summed E-state index contributed by atoms with van der Waals surface area (Å²) in [4.78, 5) is 4.55. The largest absolute Gasteiger partial charge is 0.398 e. The maximum atomic E-state index is 5.89. The molecule has 0 bridgehead atoms. The van der Waals surface area contributed by atoms with Crippen molar-refractivity contribution in [3.05, 3.63) is 28.5 Å². The number of nitrogen functional groups attached to an aromatic ring is 1. The highest BCUT2D eigenvalue weighted by Gasteiger charge is 2.28. The lowest BCUT2D eigenvalue weighted by molar-refractivity contribution is 0.413. The van der Waals surface area contributed by atoms with Gasteiger partial charge in [0.1, 0.15) is 0 Å². The van der Waals surface area contributed by atoms with E-state index in [-0.39, 0.29) is 0 Å². The first kappa shape index (κ1) is 13.6. The Morgan fingerprint density at radius 3 is 2.95 bits per heavy atom. The molecular formula is C15H18BrN3O. The molecular weight excluding hydrogens is 318 g/mol. The van der Waals surface area contributed by atoms with Crippen molar-refractivity contribution in [2.75, 3.05) is 5.73 Å².